The molecular weight excluding hydrogens is 210 g/mol. The highest BCUT2D eigenvalue weighted by Gasteiger charge is 2.03. The topological polar surface area (TPSA) is 67.1 Å². The number of thioether (sulfide) groups is 1. The molecule has 0 bridgehead atoms. The predicted octanol–water partition coefficient (Wildman–Crippen LogP) is 0.724. The molecule has 0 saturated carbocycles. The molecule has 0 spiro atoms. The van der Waals surface area contributed by atoms with E-state index in [1.807, 2.05) is 6.92 Å². The molecule has 3 N–H and O–H groups in total. The Bertz CT molecular complexity index is 315. The minimum atomic E-state index is 0.466. The summed E-state index contributed by atoms with van der Waals surface area (Å²) < 4.78 is 0. The molecule has 0 aliphatic heterocycles. The molecule has 15 heavy (non-hydrogen) atoms. The van der Waals surface area contributed by atoms with E-state index in [2.05, 4.69) is 34.4 Å². The van der Waals surface area contributed by atoms with E-state index in [1.165, 1.54) is 0 Å². The number of nitrogens with zero attached hydrogens (tertiary/aromatic N) is 3. The van der Waals surface area contributed by atoms with E-state index in [9.17, 15) is 0 Å². The summed E-state index contributed by atoms with van der Waals surface area (Å²) >= 11 is 1.72. The first-order valence-corrected chi connectivity index (χ1v) is 5.70. The Hall–Kier alpha value is -0.850. The van der Waals surface area contributed by atoms with Gasteiger partial charge in [0.15, 0.2) is 0 Å². The number of nitrogen functional groups attached to an aromatic ring is 1. The molecule has 1 heterocycles. The SMILES string of the molecule is Cc1cnc(NN)nc1SCCN(C)C. The molecule has 84 valence electrons. The molecule has 6 heteroatoms. The molecule has 0 amide bonds. The highest BCUT2D eigenvalue weighted by molar-refractivity contribution is 7.99. The van der Waals surface area contributed by atoms with Crippen molar-refractivity contribution in [2.45, 2.75) is 11.9 Å². The van der Waals surface area contributed by atoms with Crippen LogP contribution in [0.1, 0.15) is 5.56 Å². The highest BCUT2D eigenvalue weighted by atomic mass is 32.2. The van der Waals surface area contributed by atoms with Crippen molar-refractivity contribution in [2.75, 3.05) is 31.8 Å². The first-order valence-electron chi connectivity index (χ1n) is 4.71. The van der Waals surface area contributed by atoms with Gasteiger partial charge in [-0.1, -0.05) is 0 Å². The second-order valence-electron chi connectivity index (χ2n) is 3.48. The van der Waals surface area contributed by atoms with E-state index in [-0.39, 0.29) is 0 Å². The van der Waals surface area contributed by atoms with E-state index in [0.29, 0.717) is 5.95 Å². The Morgan fingerprint density at radius 1 is 1.53 bits per heavy atom. The van der Waals surface area contributed by atoms with Gasteiger partial charge in [0.1, 0.15) is 5.03 Å². The molecule has 0 radical (unpaired) electrons. The minimum Gasteiger partial charge on any atom is -0.309 e. The lowest BCUT2D eigenvalue weighted by atomic mass is 10.4. The third-order valence-corrected chi connectivity index (χ3v) is 2.91. The molecule has 1 aromatic rings. The molecular formula is C9H17N5S. The van der Waals surface area contributed by atoms with Crippen LogP contribution in [0.2, 0.25) is 0 Å². The number of hydrazine groups is 1. The number of aromatic nitrogens is 2. The number of aryl methyl sites for hydroxylation is 1. The van der Waals surface area contributed by atoms with Crippen LogP contribution in [0.3, 0.4) is 0 Å². The van der Waals surface area contributed by atoms with E-state index in [4.69, 9.17) is 5.84 Å². The van der Waals surface area contributed by atoms with Gasteiger partial charge in [-0.25, -0.2) is 15.8 Å². The standard InChI is InChI=1S/C9H17N5S/c1-7-6-11-9(13-10)12-8(7)15-5-4-14(2)3/h6H,4-5,10H2,1-3H3,(H,11,12,13). The van der Waals surface area contributed by atoms with Gasteiger partial charge in [0.2, 0.25) is 5.95 Å². The normalized spacial score (nSPS) is 10.7. The Morgan fingerprint density at radius 3 is 2.87 bits per heavy atom. The average molecular weight is 227 g/mol. The van der Waals surface area contributed by atoms with Gasteiger partial charge < -0.3 is 4.90 Å². The van der Waals surface area contributed by atoms with Gasteiger partial charge in [0, 0.05) is 18.5 Å². The molecule has 0 aromatic carbocycles. The van der Waals surface area contributed by atoms with Crippen molar-refractivity contribution in [2.24, 2.45) is 5.84 Å². The Kier molecular flexibility index (Phi) is 4.80. The second-order valence-corrected chi connectivity index (χ2v) is 4.56. The zero-order valence-electron chi connectivity index (χ0n) is 9.32. The summed E-state index contributed by atoms with van der Waals surface area (Å²) in [5.41, 5.74) is 3.53. The van der Waals surface area contributed by atoms with Crippen molar-refractivity contribution < 1.29 is 0 Å². The second kappa shape index (κ2) is 5.89. The molecule has 1 rings (SSSR count). The molecule has 0 aliphatic carbocycles. The summed E-state index contributed by atoms with van der Waals surface area (Å²) in [6.45, 7) is 3.03. The summed E-state index contributed by atoms with van der Waals surface area (Å²) in [5.74, 6) is 6.73. The summed E-state index contributed by atoms with van der Waals surface area (Å²) in [5, 5.41) is 0.986. The van der Waals surface area contributed by atoms with Crippen LogP contribution in [0, 0.1) is 6.92 Å². The van der Waals surface area contributed by atoms with Gasteiger partial charge in [-0.05, 0) is 26.6 Å². The fourth-order valence-corrected chi connectivity index (χ4v) is 2.05. The quantitative estimate of drug-likeness (QED) is 0.334. The third kappa shape index (κ3) is 4.03. The van der Waals surface area contributed by atoms with Crippen molar-refractivity contribution in [3.05, 3.63) is 11.8 Å². The Labute approximate surface area is 94.4 Å². The third-order valence-electron chi connectivity index (χ3n) is 1.83. The highest BCUT2D eigenvalue weighted by Crippen LogP contribution is 2.19. The van der Waals surface area contributed by atoms with Crippen molar-refractivity contribution in [1.82, 2.24) is 14.9 Å². The maximum absolute atomic E-state index is 5.25. The van der Waals surface area contributed by atoms with Crippen molar-refractivity contribution in [3.8, 4) is 0 Å². The number of hydrogen-bond donors (Lipinski definition) is 2. The number of anilines is 1. The predicted molar refractivity (Wildman–Crippen MR) is 63.9 cm³/mol. The monoisotopic (exact) mass is 227 g/mol. The van der Waals surface area contributed by atoms with Crippen LogP contribution in [-0.2, 0) is 0 Å². The lowest BCUT2D eigenvalue weighted by Crippen LogP contribution is -2.15. The summed E-state index contributed by atoms with van der Waals surface area (Å²) in [6, 6.07) is 0. The Morgan fingerprint density at radius 2 is 2.27 bits per heavy atom. The molecule has 1 aromatic heterocycles. The lowest BCUT2D eigenvalue weighted by Gasteiger charge is -2.09. The molecule has 5 nitrogen and oxygen atoms in total. The van der Waals surface area contributed by atoms with Gasteiger partial charge >= 0.3 is 0 Å². The minimum absolute atomic E-state index is 0.466. The first kappa shape index (κ1) is 12.2. The van der Waals surface area contributed by atoms with E-state index in [1.54, 1.807) is 18.0 Å². The zero-order valence-corrected chi connectivity index (χ0v) is 10.1. The summed E-state index contributed by atoms with van der Waals surface area (Å²) in [6.07, 6.45) is 1.78. The van der Waals surface area contributed by atoms with E-state index in [0.717, 1.165) is 22.9 Å². The molecule has 0 atom stereocenters. The van der Waals surface area contributed by atoms with E-state index >= 15 is 0 Å². The van der Waals surface area contributed by atoms with Crippen LogP contribution in [0.4, 0.5) is 5.95 Å². The Balaban J connectivity index is 2.59. The fourth-order valence-electron chi connectivity index (χ4n) is 0.967. The average Bonchev–Trinajstić information content (AvgIpc) is 2.20. The molecule has 0 aliphatic rings. The molecule has 0 unspecified atom stereocenters. The lowest BCUT2D eigenvalue weighted by molar-refractivity contribution is 0.437. The zero-order chi connectivity index (χ0) is 11.3. The summed E-state index contributed by atoms with van der Waals surface area (Å²) in [4.78, 5) is 10.5. The van der Waals surface area contributed by atoms with Gasteiger partial charge in [-0.15, -0.1) is 11.8 Å². The number of hydrogen-bond acceptors (Lipinski definition) is 6. The largest absolute Gasteiger partial charge is 0.309 e. The van der Waals surface area contributed by atoms with Crippen molar-refractivity contribution >= 4 is 17.7 Å². The maximum Gasteiger partial charge on any atom is 0.238 e. The fraction of sp³-hybridized carbons (Fsp3) is 0.556. The van der Waals surface area contributed by atoms with Crippen LogP contribution in [0.15, 0.2) is 11.2 Å². The molecule has 0 fully saturated rings. The number of nitrogens with two attached hydrogens (primary N) is 1. The van der Waals surface area contributed by atoms with E-state index < -0.39 is 0 Å². The summed E-state index contributed by atoms with van der Waals surface area (Å²) in [7, 11) is 4.11. The van der Waals surface area contributed by atoms with Gasteiger partial charge in [-0.2, -0.15) is 0 Å². The van der Waals surface area contributed by atoms with Crippen LogP contribution < -0.4 is 11.3 Å². The van der Waals surface area contributed by atoms with Crippen LogP contribution in [-0.4, -0.2) is 41.3 Å². The van der Waals surface area contributed by atoms with Gasteiger partial charge in [0.05, 0.1) is 0 Å². The number of nitrogens with one attached hydrogen (secondary N) is 1. The first-order chi connectivity index (χ1) is 7.13. The van der Waals surface area contributed by atoms with Gasteiger partial charge in [0.25, 0.3) is 0 Å². The number of rotatable bonds is 5. The van der Waals surface area contributed by atoms with Crippen LogP contribution >= 0.6 is 11.8 Å². The van der Waals surface area contributed by atoms with Crippen molar-refractivity contribution in [1.29, 1.82) is 0 Å². The van der Waals surface area contributed by atoms with Crippen molar-refractivity contribution in [3.63, 3.8) is 0 Å². The maximum atomic E-state index is 5.25. The molecule has 0 saturated heterocycles. The van der Waals surface area contributed by atoms with Crippen LogP contribution in [0.5, 0.6) is 0 Å². The van der Waals surface area contributed by atoms with Crippen LogP contribution in [0.25, 0.3) is 0 Å². The smallest absolute Gasteiger partial charge is 0.238 e. The van der Waals surface area contributed by atoms with Gasteiger partial charge in [-0.3, -0.25) is 5.43 Å².